The van der Waals surface area contributed by atoms with Crippen LogP contribution in [0.15, 0.2) is 94.7 Å². The Hall–Kier alpha value is -5.63. The predicted octanol–water partition coefficient (Wildman–Crippen LogP) is 7.42. The highest BCUT2D eigenvalue weighted by Gasteiger charge is 2.37. The molecule has 0 radical (unpaired) electrons. The maximum absolute atomic E-state index is 12.7. The Kier molecular flexibility index (Phi) is 10.9. The zero-order valence-electron chi connectivity index (χ0n) is 28.6. The first-order chi connectivity index (χ1) is 25.3. The number of carbonyl (C=O) groups excluding carboxylic acids is 1. The Balaban J connectivity index is 0.000000198. The summed E-state index contributed by atoms with van der Waals surface area (Å²) in [6, 6.07) is 22.8. The Bertz CT molecular complexity index is 2140. The smallest absolute Gasteiger partial charge is 0.338 e. The second kappa shape index (κ2) is 15.5. The number of benzene rings is 5. The summed E-state index contributed by atoms with van der Waals surface area (Å²) in [5, 5.41) is 69.0. The van der Waals surface area contributed by atoms with Crippen molar-refractivity contribution in [2.45, 2.75) is 34.8 Å². The minimum atomic E-state index is -1.06. The topological polar surface area (TPSA) is 184 Å². The Morgan fingerprint density at radius 2 is 1.55 bits per heavy atom. The zero-order valence-corrected chi connectivity index (χ0v) is 30.2. The number of para-hydroxylation sites is 1. The molecule has 2 unspecified atom stereocenters. The van der Waals surface area contributed by atoms with Gasteiger partial charge in [-0.05, 0) is 81.7 Å². The third-order valence-electron chi connectivity index (χ3n) is 8.63. The largest absolute Gasteiger partial charge is 0.508 e. The number of aromatic hydroxyl groups is 7. The third kappa shape index (κ3) is 8.22. The maximum atomic E-state index is 12.7. The Labute approximate surface area is 314 Å². The highest BCUT2D eigenvalue weighted by Crippen LogP contribution is 2.49. The van der Waals surface area contributed by atoms with E-state index in [4.69, 9.17) is 21.1 Å². The predicted molar refractivity (Wildman–Crippen MR) is 199 cm³/mol. The maximum Gasteiger partial charge on any atom is 0.338 e. The molecule has 0 spiro atoms. The molecular formula is C39H37ClN2O10S. The number of fused-ring (bicyclic) bond motifs is 3. The highest BCUT2D eigenvalue weighted by molar-refractivity contribution is 7.99. The fraction of sp³-hybridized carbons (Fsp3) is 0.205. The summed E-state index contributed by atoms with van der Waals surface area (Å²) in [6.45, 7) is 2.09. The van der Waals surface area contributed by atoms with Crippen LogP contribution in [0.2, 0.25) is 5.02 Å². The fourth-order valence-electron chi connectivity index (χ4n) is 6.07. The number of hydrogen-bond acceptors (Lipinski definition) is 13. The first kappa shape index (κ1) is 37.1. The number of esters is 1. The second-order valence-corrected chi connectivity index (χ2v) is 14.2. The third-order valence-corrected chi connectivity index (χ3v) is 10.00. The number of anilines is 2. The first-order valence-electron chi connectivity index (χ1n) is 16.5. The van der Waals surface area contributed by atoms with E-state index < -0.39 is 41.2 Å². The lowest BCUT2D eigenvalue weighted by Gasteiger charge is -2.34. The molecule has 53 heavy (non-hydrogen) atoms. The number of rotatable bonds is 7. The SMILES string of the molecule is CN(C)CCCN1c2ccccc2Sc2ccc(Cl)cc21.O=C(OC1Cc2c(O)cc(O)cc2OC1c1ccc(O)c(O)c1)c1cc(O)c(O)c(O)c1. The number of nitrogens with zero attached hydrogens (tertiary/aromatic N) is 2. The Morgan fingerprint density at radius 3 is 2.26 bits per heavy atom. The van der Waals surface area contributed by atoms with Crippen LogP contribution in [0.5, 0.6) is 46.0 Å². The van der Waals surface area contributed by atoms with Gasteiger partial charge in [0.2, 0.25) is 0 Å². The summed E-state index contributed by atoms with van der Waals surface area (Å²) < 4.78 is 11.4. The van der Waals surface area contributed by atoms with Gasteiger partial charge in [-0.15, -0.1) is 0 Å². The molecule has 14 heteroatoms. The first-order valence-corrected chi connectivity index (χ1v) is 17.7. The van der Waals surface area contributed by atoms with Crippen LogP contribution >= 0.6 is 23.4 Å². The van der Waals surface area contributed by atoms with Gasteiger partial charge in [-0.3, -0.25) is 0 Å². The van der Waals surface area contributed by atoms with Crippen LogP contribution in [0.4, 0.5) is 11.4 Å². The molecule has 2 aliphatic rings. The van der Waals surface area contributed by atoms with Crippen molar-refractivity contribution in [1.82, 2.24) is 4.90 Å². The average molecular weight is 761 g/mol. The van der Waals surface area contributed by atoms with E-state index in [9.17, 15) is 40.5 Å². The summed E-state index contributed by atoms with van der Waals surface area (Å²) in [5.74, 6) is -4.43. The van der Waals surface area contributed by atoms with Crippen molar-refractivity contribution in [3.05, 3.63) is 107 Å². The normalized spacial score (nSPS) is 15.7. The van der Waals surface area contributed by atoms with Gasteiger partial charge in [0.1, 0.15) is 23.4 Å². The molecule has 0 saturated carbocycles. The van der Waals surface area contributed by atoms with E-state index in [0.717, 1.165) is 42.7 Å². The number of phenolic OH excluding ortho intramolecular Hbond substituents is 7. The van der Waals surface area contributed by atoms with Gasteiger partial charge in [0.05, 0.1) is 16.9 Å². The highest BCUT2D eigenvalue weighted by atomic mass is 35.5. The number of phenols is 7. The van der Waals surface area contributed by atoms with Crippen LogP contribution in [-0.2, 0) is 11.2 Å². The van der Waals surface area contributed by atoms with Crippen molar-refractivity contribution in [2.24, 2.45) is 0 Å². The van der Waals surface area contributed by atoms with Crippen molar-refractivity contribution in [3.63, 3.8) is 0 Å². The monoisotopic (exact) mass is 760 g/mol. The molecule has 0 amide bonds. The molecule has 2 atom stereocenters. The molecule has 2 heterocycles. The van der Waals surface area contributed by atoms with Crippen molar-refractivity contribution in [2.75, 3.05) is 32.1 Å². The van der Waals surface area contributed by atoms with Gasteiger partial charge < -0.3 is 55.0 Å². The quantitative estimate of drug-likeness (QED) is 0.0643. The number of carbonyl (C=O) groups is 1. The summed E-state index contributed by atoms with van der Waals surface area (Å²) in [6.07, 6.45) is -1.00. The van der Waals surface area contributed by atoms with Crippen molar-refractivity contribution < 1.29 is 50.0 Å². The van der Waals surface area contributed by atoms with E-state index in [2.05, 4.69) is 60.3 Å². The van der Waals surface area contributed by atoms with Gasteiger partial charge in [-0.1, -0.05) is 41.6 Å². The number of hydrogen-bond donors (Lipinski definition) is 7. The lowest BCUT2D eigenvalue weighted by atomic mass is 9.93. The van der Waals surface area contributed by atoms with Crippen LogP contribution < -0.4 is 9.64 Å². The molecule has 5 aromatic rings. The van der Waals surface area contributed by atoms with Crippen molar-refractivity contribution in [3.8, 4) is 46.0 Å². The molecule has 5 aromatic carbocycles. The van der Waals surface area contributed by atoms with Gasteiger partial charge in [-0.25, -0.2) is 4.79 Å². The van der Waals surface area contributed by atoms with E-state index in [1.165, 1.54) is 45.4 Å². The van der Waals surface area contributed by atoms with Crippen LogP contribution in [0.1, 0.15) is 34.0 Å². The standard InChI is InChI=1S/C22H18O10.C17H19ClN2S/c23-11-6-14(25)12-8-19(32-22(30)10-4-16(27)20(29)17(28)5-10)21(31-18(12)7-11)9-1-2-13(24)15(26)3-9;1-19(2)10-5-11-20-14-6-3-4-7-16(14)21-17-9-8-13(18)12-15(17)20/h1-7,19,21,23-29H,8H2;3-4,6-9,12H,5,10-11H2,1-2H3. The zero-order chi connectivity index (χ0) is 38.0. The van der Waals surface area contributed by atoms with Gasteiger partial charge in [0.15, 0.2) is 34.9 Å². The van der Waals surface area contributed by atoms with E-state index in [1.54, 1.807) is 0 Å². The summed E-state index contributed by atoms with van der Waals surface area (Å²) in [5.41, 5.74) is 2.84. The van der Waals surface area contributed by atoms with Gasteiger partial charge in [0, 0.05) is 51.0 Å². The molecule has 276 valence electrons. The molecule has 0 saturated heterocycles. The van der Waals surface area contributed by atoms with E-state index in [1.807, 2.05) is 17.8 Å². The summed E-state index contributed by atoms with van der Waals surface area (Å²) in [4.78, 5) is 19.9. The van der Waals surface area contributed by atoms with Crippen molar-refractivity contribution >= 4 is 40.7 Å². The number of halogens is 1. The summed E-state index contributed by atoms with van der Waals surface area (Å²) >= 11 is 8.03. The van der Waals surface area contributed by atoms with Crippen LogP contribution in [0.25, 0.3) is 0 Å². The average Bonchev–Trinajstić information content (AvgIpc) is 3.11. The second-order valence-electron chi connectivity index (χ2n) is 12.7. The van der Waals surface area contributed by atoms with Crippen LogP contribution in [0, 0.1) is 0 Å². The molecular weight excluding hydrogens is 724 g/mol. The fourth-order valence-corrected chi connectivity index (χ4v) is 7.31. The molecule has 0 aromatic heterocycles. The minimum Gasteiger partial charge on any atom is -0.508 e. The molecule has 0 bridgehead atoms. The number of ether oxygens (including phenoxy) is 2. The molecule has 7 N–H and O–H groups in total. The molecule has 0 aliphatic carbocycles. The van der Waals surface area contributed by atoms with Crippen LogP contribution in [0.3, 0.4) is 0 Å². The Morgan fingerprint density at radius 1 is 0.830 bits per heavy atom. The lowest BCUT2D eigenvalue weighted by molar-refractivity contribution is -0.0189. The minimum absolute atomic E-state index is 0.0461. The van der Waals surface area contributed by atoms with Crippen LogP contribution in [-0.4, -0.2) is 79.9 Å². The van der Waals surface area contributed by atoms with E-state index in [-0.39, 0.29) is 40.5 Å². The lowest BCUT2D eigenvalue weighted by Crippen LogP contribution is -2.34. The molecule has 0 fully saturated rings. The molecule has 7 rings (SSSR count). The van der Waals surface area contributed by atoms with E-state index >= 15 is 0 Å². The van der Waals surface area contributed by atoms with Gasteiger partial charge in [0.25, 0.3) is 0 Å². The van der Waals surface area contributed by atoms with Gasteiger partial charge in [-0.2, -0.15) is 0 Å². The van der Waals surface area contributed by atoms with Gasteiger partial charge >= 0.3 is 5.97 Å². The van der Waals surface area contributed by atoms with Crippen molar-refractivity contribution in [1.29, 1.82) is 0 Å². The summed E-state index contributed by atoms with van der Waals surface area (Å²) in [7, 11) is 4.23. The molecule has 2 aliphatic heterocycles. The molecule has 12 nitrogen and oxygen atoms in total. The van der Waals surface area contributed by atoms with E-state index in [0.29, 0.717) is 5.56 Å².